The molecule has 6 heteroatoms. The van der Waals surface area contributed by atoms with E-state index in [9.17, 15) is 10.1 Å². The van der Waals surface area contributed by atoms with Gasteiger partial charge in [-0.15, -0.1) is 0 Å². The number of halogens is 1. The van der Waals surface area contributed by atoms with Crippen LogP contribution in [0.2, 0.25) is 5.15 Å². The summed E-state index contributed by atoms with van der Waals surface area (Å²) in [6.07, 6.45) is 4.40. The first-order valence-electron chi connectivity index (χ1n) is 5.72. The molecule has 0 saturated heterocycles. The lowest BCUT2D eigenvalue weighted by atomic mass is 9.93. The Labute approximate surface area is 111 Å². The quantitative estimate of drug-likeness (QED) is 0.490. The van der Waals surface area contributed by atoms with E-state index in [1.165, 1.54) is 0 Å². The highest BCUT2D eigenvalue weighted by atomic mass is 35.5. The van der Waals surface area contributed by atoms with Crippen LogP contribution in [0.3, 0.4) is 0 Å². The van der Waals surface area contributed by atoms with Crippen LogP contribution in [-0.2, 0) is 0 Å². The molecule has 0 amide bonds. The molecule has 1 unspecified atom stereocenters. The van der Waals surface area contributed by atoms with Crippen LogP contribution in [-0.4, -0.2) is 17.0 Å². The molecule has 0 fully saturated rings. The van der Waals surface area contributed by atoms with Crippen LogP contribution < -0.4 is 5.32 Å². The molecule has 1 aromatic heterocycles. The molecule has 1 heterocycles. The van der Waals surface area contributed by atoms with Crippen molar-refractivity contribution < 1.29 is 4.92 Å². The molecule has 0 aliphatic carbocycles. The molecule has 1 N–H and O–H groups in total. The molecule has 0 aliphatic heterocycles. The summed E-state index contributed by atoms with van der Waals surface area (Å²) in [5.74, 6) is -0.0600. The lowest BCUT2D eigenvalue weighted by Crippen LogP contribution is -2.16. The number of rotatable bonds is 6. The number of pyridine rings is 1. The Kier molecular flexibility index (Phi) is 5.58. The maximum atomic E-state index is 10.6. The van der Waals surface area contributed by atoms with Gasteiger partial charge in [0.05, 0.1) is 10.6 Å². The van der Waals surface area contributed by atoms with Gasteiger partial charge in [-0.3, -0.25) is 10.1 Å². The third-order valence-corrected chi connectivity index (χ3v) is 2.86. The molecule has 98 valence electrons. The second-order valence-corrected chi connectivity index (χ2v) is 4.26. The third kappa shape index (κ3) is 4.00. The average molecular weight is 270 g/mol. The lowest BCUT2D eigenvalue weighted by Gasteiger charge is -2.18. The van der Waals surface area contributed by atoms with Crippen molar-refractivity contribution in [1.82, 2.24) is 10.3 Å². The predicted molar refractivity (Wildman–Crippen MR) is 71.0 cm³/mol. The van der Waals surface area contributed by atoms with Gasteiger partial charge in [0, 0.05) is 19.2 Å². The molecule has 1 rings (SSSR count). The van der Waals surface area contributed by atoms with Crippen LogP contribution in [0, 0.1) is 10.1 Å². The van der Waals surface area contributed by atoms with Crippen molar-refractivity contribution in [3.05, 3.63) is 51.1 Å². The van der Waals surface area contributed by atoms with Gasteiger partial charge >= 0.3 is 0 Å². The summed E-state index contributed by atoms with van der Waals surface area (Å²) >= 11 is 5.74. The van der Waals surface area contributed by atoms with Crippen molar-refractivity contribution in [2.45, 2.75) is 25.7 Å². The van der Waals surface area contributed by atoms with E-state index >= 15 is 0 Å². The Hall–Kier alpha value is -1.62. The molecular formula is C12H16ClN3O2. The molecule has 0 radical (unpaired) electrons. The van der Waals surface area contributed by atoms with Gasteiger partial charge < -0.3 is 5.32 Å². The molecule has 1 aromatic rings. The van der Waals surface area contributed by atoms with E-state index in [1.54, 1.807) is 19.3 Å². The molecule has 0 bridgehead atoms. The molecule has 1 atom stereocenters. The first-order chi connectivity index (χ1) is 8.58. The predicted octanol–water partition coefficient (Wildman–Crippen LogP) is 2.96. The van der Waals surface area contributed by atoms with Crippen LogP contribution in [0.4, 0.5) is 0 Å². The van der Waals surface area contributed by atoms with Gasteiger partial charge in [-0.1, -0.05) is 31.0 Å². The first-order valence-corrected chi connectivity index (χ1v) is 6.10. The summed E-state index contributed by atoms with van der Waals surface area (Å²) in [6, 6.07) is 3.54. The average Bonchev–Trinajstić information content (AvgIpc) is 2.34. The Morgan fingerprint density at radius 2 is 2.39 bits per heavy atom. The van der Waals surface area contributed by atoms with Crippen molar-refractivity contribution in [1.29, 1.82) is 0 Å². The number of nitro groups is 1. The number of hydrogen-bond donors (Lipinski definition) is 1. The Morgan fingerprint density at radius 1 is 1.67 bits per heavy atom. The van der Waals surface area contributed by atoms with Gasteiger partial charge in [0.2, 0.25) is 0 Å². The number of likely N-dealkylation sites (N-methyl/N-ethyl adjacent to an activating group) is 1. The van der Waals surface area contributed by atoms with E-state index in [1.807, 2.05) is 13.0 Å². The van der Waals surface area contributed by atoms with Gasteiger partial charge in [0.15, 0.2) is 0 Å². The minimum absolute atomic E-state index is 0.0600. The van der Waals surface area contributed by atoms with Crippen LogP contribution in [0.25, 0.3) is 0 Å². The van der Waals surface area contributed by atoms with Crippen molar-refractivity contribution >= 4 is 11.6 Å². The zero-order valence-electron chi connectivity index (χ0n) is 10.4. The summed E-state index contributed by atoms with van der Waals surface area (Å²) in [5, 5.41) is 13.9. The van der Waals surface area contributed by atoms with Gasteiger partial charge in [0.25, 0.3) is 6.20 Å². The summed E-state index contributed by atoms with van der Waals surface area (Å²) in [7, 11) is 1.68. The summed E-state index contributed by atoms with van der Waals surface area (Å²) in [5.41, 5.74) is 1.50. The SMILES string of the molecule is CCCC(/C(=C\[N+](=O)[O-])NC)c1ccc(Cl)nc1. The minimum atomic E-state index is -0.447. The maximum absolute atomic E-state index is 10.6. The van der Waals surface area contributed by atoms with E-state index in [0.717, 1.165) is 24.6 Å². The smallest absolute Gasteiger partial charge is 0.253 e. The van der Waals surface area contributed by atoms with Crippen molar-refractivity contribution in [3.63, 3.8) is 0 Å². The van der Waals surface area contributed by atoms with Crippen LogP contribution in [0.5, 0.6) is 0 Å². The fraction of sp³-hybridized carbons (Fsp3) is 0.417. The minimum Gasteiger partial charge on any atom is -0.386 e. The number of allylic oxidation sites excluding steroid dienone is 1. The molecule has 5 nitrogen and oxygen atoms in total. The van der Waals surface area contributed by atoms with Crippen LogP contribution in [0.15, 0.2) is 30.2 Å². The number of aromatic nitrogens is 1. The van der Waals surface area contributed by atoms with E-state index in [0.29, 0.717) is 10.9 Å². The second-order valence-electron chi connectivity index (χ2n) is 3.88. The van der Waals surface area contributed by atoms with E-state index < -0.39 is 4.92 Å². The number of hydrogen-bond acceptors (Lipinski definition) is 4. The molecule has 0 saturated carbocycles. The van der Waals surface area contributed by atoms with Gasteiger partial charge in [0.1, 0.15) is 5.15 Å². The topological polar surface area (TPSA) is 68.1 Å². The maximum Gasteiger partial charge on any atom is 0.253 e. The van der Waals surface area contributed by atoms with Gasteiger partial charge in [-0.2, -0.15) is 0 Å². The van der Waals surface area contributed by atoms with Crippen LogP contribution >= 0.6 is 11.6 Å². The highest BCUT2D eigenvalue weighted by molar-refractivity contribution is 6.29. The molecule has 0 aromatic carbocycles. The van der Waals surface area contributed by atoms with E-state index in [-0.39, 0.29) is 5.92 Å². The number of nitrogens with one attached hydrogen (secondary N) is 1. The molecule has 18 heavy (non-hydrogen) atoms. The van der Waals surface area contributed by atoms with Crippen molar-refractivity contribution in [2.24, 2.45) is 0 Å². The second kappa shape index (κ2) is 6.96. The van der Waals surface area contributed by atoms with Crippen molar-refractivity contribution in [3.8, 4) is 0 Å². The zero-order chi connectivity index (χ0) is 13.5. The fourth-order valence-electron chi connectivity index (χ4n) is 1.83. The summed E-state index contributed by atoms with van der Waals surface area (Å²) in [6.45, 7) is 2.04. The summed E-state index contributed by atoms with van der Waals surface area (Å²) < 4.78 is 0. The number of nitrogens with zero attached hydrogens (tertiary/aromatic N) is 2. The standard InChI is InChI=1S/C12H16ClN3O2/c1-3-4-10(11(14-2)8-16(17)18)9-5-6-12(13)15-7-9/h5-8,10,14H,3-4H2,1-2H3/b11-8+. The fourth-order valence-corrected chi connectivity index (χ4v) is 1.94. The van der Waals surface area contributed by atoms with E-state index in [2.05, 4.69) is 10.3 Å². The third-order valence-electron chi connectivity index (χ3n) is 2.64. The monoisotopic (exact) mass is 269 g/mol. The van der Waals surface area contributed by atoms with Gasteiger partial charge in [-0.25, -0.2) is 4.98 Å². The normalized spacial score (nSPS) is 13.2. The molecule has 0 aliphatic rings. The van der Waals surface area contributed by atoms with Crippen molar-refractivity contribution in [2.75, 3.05) is 7.05 Å². The van der Waals surface area contributed by atoms with Gasteiger partial charge in [-0.05, 0) is 18.1 Å². The Bertz CT molecular complexity index is 431. The lowest BCUT2D eigenvalue weighted by molar-refractivity contribution is -0.404. The zero-order valence-corrected chi connectivity index (χ0v) is 11.1. The highest BCUT2D eigenvalue weighted by Gasteiger charge is 2.18. The Morgan fingerprint density at radius 3 is 2.83 bits per heavy atom. The Balaban J connectivity index is 3.07. The molecule has 0 spiro atoms. The highest BCUT2D eigenvalue weighted by Crippen LogP contribution is 2.27. The molecular weight excluding hydrogens is 254 g/mol. The van der Waals surface area contributed by atoms with Crippen LogP contribution in [0.1, 0.15) is 31.2 Å². The first kappa shape index (κ1) is 14.4. The largest absolute Gasteiger partial charge is 0.386 e. The summed E-state index contributed by atoms with van der Waals surface area (Å²) in [4.78, 5) is 14.2. The van der Waals surface area contributed by atoms with E-state index in [4.69, 9.17) is 11.6 Å².